The lowest BCUT2D eigenvalue weighted by Crippen LogP contribution is -1.99. The molecule has 86 valence electrons. The van der Waals surface area contributed by atoms with Gasteiger partial charge in [0.05, 0.1) is 23.0 Å². The first-order valence-electron chi connectivity index (χ1n) is 4.84. The number of nitrogens with zero attached hydrogens (tertiary/aromatic N) is 4. The van der Waals surface area contributed by atoms with Crippen molar-refractivity contribution in [2.24, 2.45) is 0 Å². The number of hydrogen-bond acceptors (Lipinski definition) is 5. The molecule has 0 radical (unpaired) electrons. The van der Waals surface area contributed by atoms with Gasteiger partial charge in [-0.3, -0.25) is 4.68 Å². The van der Waals surface area contributed by atoms with Crippen LogP contribution < -0.4 is 0 Å². The summed E-state index contributed by atoms with van der Waals surface area (Å²) in [5.41, 5.74) is 0.776. The van der Waals surface area contributed by atoms with Gasteiger partial charge in [0.15, 0.2) is 0 Å². The first-order chi connectivity index (χ1) is 8.31. The predicted molar refractivity (Wildman–Crippen MR) is 58.3 cm³/mol. The fourth-order valence-electron chi connectivity index (χ4n) is 1.39. The molecule has 7 heteroatoms. The van der Waals surface area contributed by atoms with Crippen molar-refractivity contribution in [3.8, 4) is 11.4 Å². The normalized spacial score (nSPS) is 10.9. The summed E-state index contributed by atoms with van der Waals surface area (Å²) in [5.74, 6) is 0.952. The SMILES string of the molecule is Clc1cnn(Cc2nc(-c3ccoc3)no2)c1. The van der Waals surface area contributed by atoms with Gasteiger partial charge < -0.3 is 8.94 Å². The molecule has 0 saturated heterocycles. The molecule has 3 aromatic heterocycles. The fourth-order valence-corrected chi connectivity index (χ4v) is 1.55. The third kappa shape index (κ3) is 2.07. The van der Waals surface area contributed by atoms with E-state index in [4.69, 9.17) is 20.5 Å². The van der Waals surface area contributed by atoms with E-state index in [9.17, 15) is 0 Å². The summed E-state index contributed by atoms with van der Waals surface area (Å²) in [4.78, 5) is 4.22. The van der Waals surface area contributed by atoms with Gasteiger partial charge in [-0.25, -0.2) is 0 Å². The average molecular weight is 251 g/mol. The molecule has 0 aliphatic heterocycles. The number of halogens is 1. The zero-order valence-electron chi connectivity index (χ0n) is 8.58. The molecule has 3 heterocycles. The van der Waals surface area contributed by atoms with Crippen molar-refractivity contribution in [3.63, 3.8) is 0 Å². The summed E-state index contributed by atoms with van der Waals surface area (Å²) in [6, 6.07) is 1.76. The molecule has 0 aromatic carbocycles. The van der Waals surface area contributed by atoms with Gasteiger partial charge in [-0.05, 0) is 6.07 Å². The van der Waals surface area contributed by atoms with E-state index in [1.54, 1.807) is 35.7 Å². The Bertz CT molecular complexity index is 614. The molecule has 0 saturated carbocycles. The van der Waals surface area contributed by atoms with Gasteiger partial charge in [0.25, 0.3) is 0 Å². The molecule has 0 fully saturated rings. The first kappa shape index (κ1) is 10.1. The van der Waals surface area contributed by atoms with Crippen LogP contribution in [0.1, 0.15) is 5.89 Å². The summed E-state index contributed by atoms with van der Waals surface area (Å²) in [7, 11) is 0. The van der Waals surface area contributed by atoms with Gasteiger partial charge in [0.1, 0.15) is 12.8 Å². The van der Waals surface area contributed by atoms with Crippen molar-refractivity contribution in [1.29, 1.82) is 0 Å². The second-order valence-corrected chi connectivity index (χ2v) is 3.82. The van der Waals surface area contributed by atoms with Crippen LogP contribution in [0.25, 0.3) is 11.4 Å². The smallest absolute Gasteiger partial charge is 0.248 e. The van der Waals surface area contributed by atoms with E-state index < -0.39 is 0 Å². The van der Waals surface area contributed by atoms with E-state index in [-0.39, 0.29) is 0 Å². The number of aromatic nitrogens is 4. The molecule has 0 N–H and O–H groups in total. The highest BCUT2D eigenvalue weighted by Crippen LogP contribution is 2.16. The summed E-state index contributed by atoms with van der Waals surface area (Å²) in [5, 5.41) is 8.43. The Morgan fingerprint density at radius 1 is 1.41 bits per heavy atom. The molecule has 0 spiro atoms. The van der Waals surface area contributed by atoms with Gasteiger partial charge in [-0.1, -0.05) is 16.8 Å². The van der Waals surface area contributed by atoms with Crippen molar-refractivity contribution in [2.75, 3.05) is 0 Å². The van der Waals surface area contributed by atoms with E-state index in [2.05, 4.69) is 15.2 Å². The van der Waals surface area contributed by atoms with Crippen LogP contribution in [0.5, 0.6) is 0 Å². The number of hydrogen-bond donors (Lipinski definition) is 0. The fraction of sp³-hybridized carbons (Fsp3) is 0.100. The van der Waals surface area contributed by atoms with Crippen molar-refractivity contribution >= 4 is 11.6 Å². The van der Waals surface area contributed by atoms with Crippen LogP contribution >= 0.6 is 11.6 Å². The third-order valence-electron chi connectivity index (χ3n) is 2.15. The molecule has 3 aromatic rings. The van der Waals surface area contributed by atoms with E-state index in [1.807, 2.05) is 0 Å². The number of furan rings is 1. The third-order valence-corrected chi connectivity index (χ3v) is 2.34. The second-order valence-electron chi connectivity index (χ2n) is 3.38. The van der Waals surface area contributed by atoms with Gasteiger partial charge >= 0.3 is 0 Å². The minimum atomic E-state index is 0.386. The lowest BCUT2D eigenvalue weighted by atomic mass is 10.3. The van der Waals surface area contributed by atoms with Crippen LogP contribution in [-0.4, -0.2) is 19.9 Å². The Morgan fingerprint density at radius 3 is 3.06 bits per heavy atom. The highest BCUT2D eigenvalue weighted by Gasteiger charge is 2.10. The van der Waals surface area contributed by atoms with E-state index >= 15 is 0 Å². The molecule has 3 rings (SSSR count). The topological polar surface area (TPSA) is 69.9 Å². The summed E-state index contributed by atoms with van der Waals surface area (Å²) >= 11 is 5.75. The molecule has 0 aliphatic rings. The van der Waals surface area contributed by atoms with E-state index in [0.29, 0.717) is 23.3 Å². The van der Waals surface area contributed by atoms with Crippen molar-refractivity contribution in [1.82, 2.24) is 19.9 Å². The maximum Gasteiger partial charge on any atom is 0.248 e. The molecule has 0 aliphatic carbocycles. The Hall–Kier alpha value is -2.08. The Kier molecular flexibility index (Phi) is 2.41. The second kappa shape index (κ2) is 4.06. The lowest BCUT2D eigenvalue weighted by Gasteiger charge is -1.92. The molecular formula is C10H7ClN4O2. The molecule has 0 amide bonds. The minimum absolute atomic E-state index is 0.386. The molecular weight excluding hydrogens is 244 g/mol. The molecule has 0 atom stereocenters. The zero-order chi connectivity index (χ0) is 11.7. The minimum Gasteiger partial charge on any atom is -0.472 e. The van der Waals surface area contributed by atoms with Gasteiger partial charge in [-0.15, -0.1) is 0 Å². The van der Waals surface area contributed by atoms with Crippen LogP contribution in [0.4, 0.5) is 0 Å². The first-order valence-corrected chi connectivity index (χ1v) is 5.22. The van der Waals surface area contributed by atoms with E-state index in [0.717, 1.165) is 5.56 Å². The quantitative estimate of drug-likeness (QED) is 0.713. The summed E-state index contributed by atoms with van der Waals surface area (Å²) in [6.45, 7) is 0.386. The predicted octanol–water partition coefficient (Wildman–Crippen LogP) is 2.23. The van der Waals surface area contributed by atoms with Crippen LogP contribution in [0.15, 0.2) is 39.9 Å². The lowest BCUT2D eigenvalue weighted by molar-refractivity contribution is 0.366. The average Bonchev–Trinajstić information content (AvgIpc) is 3.00. The molecule has 0 unspecified atom stereocenters. The van der Waals surface area contributed by atoms with Crippen molar-refractivity contribution in [3.05, 3.63) is 41.9 Å². The highest BCUT2D eigenvalue weighted by molar-refractivity contribution is 6.30. The standard InChI is InChI=1S/C10H7ClN4O2/c11-8-3-12-15(4-8)5-9-13-10(14-17-9)7-1-2-16-6-7/h1-4,6H,5H2. The maximum absolute atomic E-state index is 5.75. The maximum atomic E-state index is 5.75. The van der Waals surface area contributed by atoms with E-state index in [1.165, 1.54) is 0 Å². The van der Waals surface area contributed by atoms with Gasteiger partial charge in [0.2, 0.25) is 11.7 Å². The van der Waals surface area contributed by atoms with Crippen LogP contribution in [-0.2, 0) is 6.54 Å². The van der Waals surface area contributed by atoms with Gasteiger partial charge in [-0.2, -0.15) is 10.1 Å². The molecule has 0 bridgehead atoms. The summed E-state index contributed by atoms with van der Waals surface area (Å²) in [6.07, 6.45) is 6.34. The largest absolute Gasteiger partial charge is 0.472 e. The zero-order valence-corrected chi connectivity index (χ0v) is 9.33. The Morgan fingerprint density at radius 2 is 2.35 bits per heavy atom. The van der Waals surface area contributed by atoms with Crippen molar-refractivity contribution < 1.29 is 8.94 Å². The summed E-state index contributed by atoms with van der Waals surface area (Å²) < 4.78 is 11.7. The van der Waals surface area contributed by atoms with Gasteiger partial charge in [0, 0.05) is 6.20 Å². The Labute approximate surface area is 101 Å². The van der Waals surface area contributed by atoms with Crippen LogP contribution in [0.3, 0.4) is 0 Å². The number of rotatable bonds is 3. The molecule has 17 heavy (non-hydrogen) atoms. The Balaban J connectivity index is 1.81. The molecule has 6 nitrogen and oxygen atoms in total. The van der Waals surface area contributed by atoms with Crippen LogP contribution in [0.2, 0.25) is 5.02 Å². The highest BCUT2D eigenvalue weighted by atomic mass is 35.5. The van der Waals surface area contributed by atoms with Crippen molar-refractivity contribution in [2.45, 2.75) is 6.54 Å². The van der Waals surface area contributed by atoms with Crippen LogP contribution in [0, 0.1) is 0 Å². The monoisotopic (exact) mass is 250 g/mol.